The van der Waals surface area contributed by atoms with Crippen LogP contribution in [0.5, 0.6) is 0 Å². The Kier molecular flexibility index (Phi) is 5.25. The van der Waals surface area contributed by atoms with Gasteiger partial charge in [-0.3, -0.25) is 24.5 Å². The van der Waals surface area contributed by atoms with Crippen LogP contribution in [-0.2, 0) is 16.1 Å². The highest BCUT2D eigenvalue weighted by Crippen LogP contribution is 2.36. The molecule has 0 spiro atoms. The summed E-state index contributed by atoms with van der Waals surface area (Å²) in [6.45, 7) is 0.281. The Labute approximate surface area is 186 Å². The molecule has 0 radical (unpaired) electrons. The minimum absolute atomic E-state index is 0.154. The summed E-state index contributed by atoms with van der Waals surface area (Å²) in [6, 6.07) is 12.3. The van der Waals surface area contributed by atoms with E-state index in [-0.39, 0.29) is 30.7 Å². The monoisotopic (exact) mass is 431 g/mol. The van der Waals surface area contributed by atoms with Gasteiger partial charge in [0.05, 0.1) is 0 Å². The lowest BCUT2D eigenvalue weighted by atomic mass is 9.92. The molecule has 0 aromatic heterocycles. The fourth-order valence-corrected chi connectivity index (χ4v) is 5.15. The molecule has 2 aromatic rings. The zero-order valence-corrected chi connectivity index (χ0v) is 17.7. The van der Waals surface area contributed by atoms with Crippen molar-refractivity contribution in [1.82, 2.24) is 10.2 Å². The Morgan fingerprint density at radius 3 is 2.56 bits per heavy atom. The summed E-state index contributed by atoms with van der Waals surface area (Å²) < 4.78 is 0. The van der Waals surface area contributed by atoms with E-state index in [2.05, 4.69) is 10.6 Å². The molecule has 2 aliphatic heterocycles. The molecule has 1 saturated heterocycles. The first-order chi connectivity index (χ1) is 15.5. The van der Waals surface area contributed by atoms with Gasteiger partial charge in [-0.25, -0.2) is 0 Å². The molecule has 1 saturated carbocycles. The zero-order valence-electron chi connectivity index (χ0n) is 17.7. The summed E-state index contributed by atoms with van der Waals surface area (Å²) in [6.07, 6.45) is 5.17. The SMILES string of the molecule is O=C1CCC(N2Cc3cc(NC(=O)c4ccccc4C4CCCC4)ccc3C2=O)C(=O)N1. The van der Waals surface area contributed by atoms with Crippen molar-refractivity contribution < 1.29 is 19.2 Å². The van der Waals surface area contributed by atoms with E-state index in [0.717, 1.165) is 24.0 Å². The summed E-state index contributed by atoms with van der Waals surface area (Å²) in [5, 5.41) is 5.29. The molecular weight excluding hydrogens is 406 g/mol. The van der Waals surface area contributed by atoms with E-state index in [1.165, 1.54) is 17.7 Å². The molecule has 5 rings (SSSR count). The third-order valence-electron chi connectivity index (χ3n) is 6.78. The van der Waals surface area contributed by atoms with Gasteiger partial charge >= 0.3 is 0 Å². The van der Waals surface area contributed by atoms with Crippen LogP contribution in [0.2, 0.25) is 0 Å². The van der Waals surface area contributed by atoms with E-state index < -0.39 is 11.9 Å². The lowest BCUT2D eigenvalue weighted by Gasteiger charge is -2.29. The number of nitrogens with zero attached hydrogens (tertiary/aromatic N) is 1. The minimum Gasteiger partial charge on any atom is -0.322 e. The largest absolute Gasteiger partial charge is 0.322 e. The normalized spacial score (nSPS) is 20.9. The molecule has 2 aromatic carbocycles. The van der Waals surface area contributed by atoms with Crippen LogP contribution in [0.1, 0.15) is 76.3 Å². The molecule has 3 aliphatic rings. The van der Waals surface area contributed by atoms with E-state index >= 15 is 0 Å². The topological polar surface area (TPSA) is 95.6 Å². The van der Waals surface area contributed by atoms with Crippen molar-refractivity contribution in [3.05, 3.63) is 64.7 Å². The maximum absolute atomic E-state index is 13.1. The van der Waals surface area contributed by atoms with Crippen LogP contribution in [0.15, 0.2) is 42.5 Å². The second kappa shape index (κ2) is 8.22. The molecule has 164 valence electrons. The number of carbonyl (C=O) groups is 4. The summed E-state index contributed by atoms with van der Waals surface area (Å²) in [7, 11) is 0. The lowest BCUT2D eigenvalue weighted by molar-refractivity contribution is -0.136. The number of benzene rings is 2. The molecule has 7 heteroatoms. The zero-order chi connectivity index (χ0) is 22.2. The highest BCUT2D eigenvalue weighted by atomic mass is 16.2. The number of nitrogens with one attached hydrogen (secondary N) is 2. The van der Waals surface area contributed by atoms with Crippen molar-refractivity contribution in [3.63, 3.8) is 0 Å². The maximum Gasteiger partial charge on any atom is 0.255 e. The summed E-state index contributed by atoms with van der Waals surface area (Å²) in [5.74, 6) is -0.688. The average molecular weight is 431 g/mol. The quantitative estimate of drug-likeness (QED) is 0.726. The highest BCUT2D eigenvalue weighted by Gasteiger charge is 2.39. The van der Waals surface area contributed by atoms with E-state index in [0.29, 0.717) is 29.2 Å². The third-order valence-corrected chi connectivity index (χ3v) is 6.78. The second-order valence-electron chi connectivity index (χ2n) is 8.79. The molecule has 0 bridgehead atoms. The van der Waals surface area contributed by atoms with Gasteiger partial charge in [-0.1, -0.05) is 31.0 Å². The van der Waals surface area contributed by atoms with Gasteiger partial charge in [0.1, 0.15) is 6.04 Å². The number of anilines is 1. The number of piperidine rings is 1. The number of amides is 4. The smallest absolute Gasteiger partial charge is 0.255 e. The first-order valence-corrected chi connectivity index (χ1v) is 11.2. The van der Waals surface area contributed by atoms with Crippen molar-refractivity contribution in [1.29, 1.82) is 0 Å². The maximum atomic E-state index is 13.1. The second-order valence-corrected chi connectivity index (χ2v) is 8.79. The van der Waals surface area contributed by atoms with Gasteiger partial charge in [0, 0.05) is 29.8 Å². The van der Waals surface area contributed by atoms with Gasteiger partial charge in [-0.2, -0.15) is 0 Å². The molecule has 2 heterocycles. The molecule has 1 atom stereocenters. The molecule has 1 unspecified atom stereocenters. The van der Waals surface area contributed by atoms with Crippen LogP contribution >= 0.6 is 0 Å². The van der Waals surface area contributed by atoms with Gasteiger partial charge in [0.25, 0.3) is 11.8 Å². The molecule has 2 fully saturated rings. The minimum atomic E-state index is -0.649. The fraction of sp³-hybridized carbons (Fsp3) is 0.360. The standard InChI is InChI=1S/C25H25N3O4/c29-22-12-11-21(24(31)27-22)28-14-16-13-17(9-10-19(16)25(28)32)26-23(30)20-8-4-3-7-18(20)15-5-1-2-6-15/h3-4,7-10,13,15,21H,1-2,5-6,11-12,14H2,(H,26,30)(H,27,29,31). The van der Waals surface area contributed by atoms with Crippen LogP contribution in [0, 0.1) is 0 Å². The first kappa shape index (κ1) is 20.4. The molecule has 2 N–H and O–H groups in total. The van der Waals surface area contributed by atoms with Gasteiger partial charge in [0.2, 0.25) is 11.8 Å². The summed E-state index contributed by atoms with van der Waals surface area (Å²) >= 11 is 0. The Hall–Kier alpha value is -3.48. The number of hydrogen-bond acceptors (Lipinski definition) is 4. The van der Waals surface area contributed by atoms with Crippen molar-refractivity contribution >= 4 is 29.3 Å². The van der Waals surface area contributed by atoms with Gasteiger partial charge in [-0.05, 0) is 60.6 Å². The number of hydrogen-bond donors (Lipinski definition) is 2. The number of imide groups is 1. The van der Waals surface area contributed by atoms with Crippen molar-refractivity contribution in [2.24, 2.45) is 0 Å². The van der Waals surface area contributed by atoms with Crippen LogP contribution in [0.25, 0.3) is 0 Å². The molecule has 1 aliphatic carbocycles. The summed E-state index contributed by atoms with van der Waals surface area (Å²) in [4.78, 5) is 51.1. The Morgan fingerprint density at radius 1 is 1.00 bits per heavy atom. The Balaban J connectivity index is 1.33. The molecule has 4 amide bonds. The van der Waals surface area contributed by atoms with Crippen LogP contribution in [0.3, 0.4) is 0 Å². The van der Waals surface area contributed by atoms with Gasteiger partial charge < -0.3 is 10.2 Å². The van der Waals surface area contributed by atoms with Gasteiger partial charge in [0.15, 0.2) is 0 Å². The van der Waals surface area contributed by atoms with E-state index in [1.54, 1.807) is 18.2 Å². The van der Waals surface area contributed by atoms with Crippen molar-refractivity contribution in [3.8, 4) is 0 Å². The average Bonchev–Trinajstić information content (AvgIpc) is 3.42. The van der Waals surface area contributed by atoms with Crippen LogP contribution in [-0.4, -0.2) is 34.6 Å². The third kappa shape index (κ3) is 3.68. The number of rotatable bonds is 4. The molecule has 7 nitrogen and oxygen atoms in total. The van der Waals surface area contributed by atoms with E-state index in [4.69, 9.17) is 0 Å². The lowest BCUT2D eigenvalue weighted by Crippen LogP contribution is -2.52. The van der Waals surface area contributed by atoms with Crippen LogP contribution < -0.4 is 10.6 Å². The predicted octanol–water partition coefficient (Wildman–Crippen LogP) is 3.36. The Bertz CT molecular complexity index is 1120. The van der Waals surface area contributed by atoms with E-state index in [1.807, 2.05) is 24.3 Å². The Morgan fingerprint density at radius 2 is 1.78 bits per heavy atom. The summed E-state index contributed by atoms with van der Waals surface area (Å²) in [5.41, 5.74) is 3.71. The fourth-order valence-electron chi connectivity index (χ4n) is 5.15. The first-order valence-electron chi connectivity index (χ1n) is 11.2. The molecular formula is C25H25N3O4. The predicted molar refractivity (Wildman–Crippen MR) is 118 cm³/mol. The van der Waals surface area contributed by atoms with Gasteiger partial charge in [-0.15, -0.1) is 0 Å². The number of fused-ring (bicyclic) bond motifs is 1. The van der Waals surface area contributed by atoms with Crippen molar-refractivity contribution in [2.45, 2.75) is 57.0 Å². The van der Waals surface area contributed by atoms with Crippen molar-refractivity contribution in [2.75, 3.05) is 5.32 Å². The van der Waals surface area contributed by atoms with Crippen LogP contribution in [0.4, 0.5) is 5.69 Å². The molecule has 32 heavy (non-hydrogen) atoms. The number of carbonyl (C=O) groups excluding carboxylic acids is 4. The van der Waals surface area contributed by atoms with E-state index in [9.17, 15) is 19.2 Å². The highest BCUT2D eigenvalue weighted by molar-refractivity contribution is 6.07.